The number of hydrogen-bond acceptors (Lipinski definition) is 18. The zero-order valence-corrected chi connectivity index (χ0v) is 57.1. The summed E-state index contributed by atoms with van der Waals surface area (Å²) in [5.41, 5.74) is 2.02. The second-order valence-electron chi connectivity index (χ2n) is 28.9. The van der Waals surface area contributed by atoms with Crippen LogP contribution in [-0.4, -0.2) is 157 Å². The van der Waals surface area contributed by atoms with Crippen molar-refractivity contribution >= 4 is 81.1 Å². The van der Waals surface area contributed by atoms with Gasteiger partial charge in [0.1, 0.15) is 51.9 Å². The Labute approximate surface area is 559 Å². The third-order valence-corrected chi connectivity index (χ3v) is 17.3. The van der Waals surface area contributed by atoms with Crippen molar-refractivity contribution in [2.75, 3.05) is 26.3 Å². The van der Waals surface area contributed by atoms with Gasteiger partial charge in [-0.05, 0) is 185 Å². The molecule has 6 atom stereocenters. The molecule has 0 N–H and O–H groups in total. The van der Waals surface area contributed by atoms with Gasteiger partial charge in [-0.1, -0.05) is 86.6 Å². The largest absolute Gasteiger partial charge is 0.458 e. The number of nitrogens with zero attached hydrogens (tertiary/aromatic N) is 5. The molecule has 0 spiro atoms. The molecule has 0 saturated carbocycles. The number of ketones is 4. The van der Waals surface area contributed by atoms with Crippen molar-refractivity contribution in [1.82, 2.24) is 24.7 Å². The van der Waals surface area contributed by atoms with E-state index < -0.39 is 101 Å². The van der Waals surface area contributed by atoms with E-state index in [2.05, 4.69) is 9.97 Å². The second-order valence-corrected chi connectivity index (χ2v) is 28.9. The van der Waals surface area contributed by atoms with Gasteiger partial charge in [0.2, 0.25) is 0 Å². The zero-order valence-electron chi connectivity index (χ0n) is 57.1. The van der Waals surface area contributed by atoms with E-state index in [0.717, 1.165) is 33.0 Å². The normalized spacial score (nSPS) is 19.0. The van der Waals surface area contributed by atoms with Crippen LogP contribution < -0.4 is 0 Å². The van der Waals surface area contributed by atoms with Crippen LogP contribution >= 0.6 is 0 Å². The number of amides is 3. The number of aromatic nitrogens is 2. The summed E-state index contributed by atoms with van der Waals surface area (Å²) in [6.07, 6.45) is 0.156. The number of carbonyl (C=O) groups is 10. The first-order valence-electron chi connectivity index (χ1n) is 32.8. The molecule has 5 heterocycles. The van der Waals surface area contributed by atoms with Crippen LogP contribution in [0.3, 0.4) is 0 Å². The zero-order chi connectivity index (χ0) is 69.8. The Hall–Kier alpha value is -9.40. The molecule has 3 aliphatic rings. The average molecular weight is 1310 g/mol. The highest BCUT2D eigenvalue weighted by atomic mass is 16.6. The highest BCUT2D eigenvalue weighted by Gasteiger charge is 2.45. The first-order chi connectivity index (χ1) is 45.1. The van der Waals surface area contributed by atoms with Gasteiger partial charge in [-0.25, -0.2) is 38.7 Å². The molecule has 2 unspecified atom stereocenters. The lowest BCUT2D eigenvalue weighted by Gasteiger charge is -2.33. The summed E-state index contributed by atoms with van der Waals surface area (Å²) in [7, 11) is 0. The smallest absolute Gasteiger partial charge is 0.411 e. The fraction of sp³-hybridized carbons (Fsp3) is 0.467. The van der Waals surface area contributed by atoms with E-state index in [1.807, 2.05) is 69.3 Å². The maximum Gasteiger partial charge on any atom is 0.411 e. The molecule has 21 heteroatoms. The van der Waals surface area contributed by atoms with Crippen LogP contribution in [-0.2, 0) is 42.8 Å². The number of pyridine rings is 2. The molecule has 3 fully saturated rings. The SMILES string of the molecule is CC1CCC(C(=O)OC(C)(C)CCC(=O)c2ccc3cc(-c4ccc(C(=O)COC(=O)[C@@H]5C[C@H](C)CN5C(=O)OC(C)(C)C)cc4)ccc3n2)N1C(=O)OC(C)(C)CCC(=O)c1ccc2cc(-c3ccc(C(=O)COC(=O)[C@@H]4C[C@H](C)CN4C(=O)OC(C)(C)C)cc3)ccc2n1. The number of fused-ring (bicyclic) bond motifs is 2. The summed E-state index contributed by atoms with van der Waals surface area (Å²) in [6.45, 7) is 22.8. The summed E-state index contributed by atoms with van der Waals surface area (Å²) in [5.74, 6) is -3.10. The van der Waals surface area contributed by atoms with E-state index in [0.29, 0.717) is 60.9 Å². The number of benzene rings is 4. The van der Waals surface area contributed by atoms with Crippen molar-refractivity contribution in [3.63, 3.8) is 0 Å². The van der Waals surface area contributed by atoms with Crippen molar-refractivity contribution in [3.8, 4) is 22.3 Å². The van der Waals surface area contributed by atoms with Crippen molar-refractivity contribution < 1.29 is 76.4 Å². The minimum atomic E-state index is -1.11. The van der Waals surface area contributed by atoms with Crippen LogP contribution in [0.2, 0.25) is 0 Å². The molecular weight excluding hydrogens is 1230 g/mol. The van der Waals surface area contributed by atoms with Crippen LogP contribution in [0.1, 0.15) is 183 Å². The Morgan fingerprint density at radius 3 is 1.23 bits per heavy atom. The van der Waals surface area contributed by atoms with Crippen LogP contribution in [0.15, 0.2) is 109 Å². The molecular formula is C75H87N5O16. The predicted octanol–water partition coefficient (Wildman–Crippen LogP) is 13.6. The molecule has 9 rings (SSSR count). The molecule has 508 valence electrons. The third-order valence-electron chi connectivity index (χ3n) is 17.3. The Morgan fingerprint density at radius 2 is 0.823 bits per heavy atom. The first kappa shape index (κ1) is 70.9. The van der Waals surface area contributed by atoms with Gasteiger partial charge in [-0.2, -0.15) is 0 Å². The monoisotopic (exact) mass is 1310 g/mol. The van der Waals surface area contributed by atoms with E-state index in [1.54, 1.807) is 130 Å². The van der Waals surface area contributed by atoms with Gasteiger partial charge in [0.15, 0.2) is 36.3 Å². The summed E-state index contributed by atoms with van der Waals surface area (Å²) in [4.78, 5) is 146. The number of esters is 3. The molecule has 3 amide bonds. The van der Waals surface area contributed by atoms with Crippen molar-refractivity contribution in [2.45, 2.75) is 188 Å². The van der Waals surface area contributed by atoms with Gasteiger partial charge in [0.05, 0.1) is 11.0 Å². The molecule has 4 aromatic carbocycles. The van der Waals surface area contributed by atoms with Crippen molar-refractivity contribution in [1.29, 1.82) is 0 Å². The Balaban J connectivity index is 0.712. The van der Waals surface area contributed by atoms with Crippen molar-refractivity contribution in [2.24, 2.45) is 11.8 Å². The molecule has 21 nitrogen and oxygen atoms in total. The van der Waals surface area contributed by atoms with Gasteiger partial charge in [-0.3, -0.25) is 33.9 Å². The van der Waals surface area contributed by atoms with Crippen LogP contribution in [0.25, 0.3) is 44.1 Å². The Morgan fingerprint density at radius 1 is 0.427 bits per heavy atom. The van der Waals surface area contributed by atoms with Crippen LogP contribution in [0, 0.1) is 11.8 Å². The lowest BCUT2D eigenvalue weighted by atomic mass is 9.98. The Kier molecular flexibility index (Phi) is 21.3. The molecule has 0 radical (unpaired) electrons. The standard InChI is InChI=1S/C75H87N5O16/c1-44-36-60(78(40-44)69(88)94-72(4,5)6)66(85)91-42-64(83)49-19-15-47(16-20-49)51-23-27-55-53(38-51)25-29-57(76-55)62(81)32-34-74(10,11)93-68(87)59-31-14-46(3)80(59)71(90)96-75(12,13)35-33-63(82)58-30-26-54-39-52(24-28-56(54)77-58)48-17-21-50(22-18-48)65(84)43-92-67(86)61-37-45(2)41-79(61)70(89)95-73(7,8)9/h15-30,38-39,44-46,59-61H,14,31-37,40-43H2,1-13H3/t44-,45-,46?,59?,60-,61-/m0/s1. The minimum Gasteiger partial charge on any atom is -0.458 e. The van der Waals surface area contributed by atoms with Gasteiger partial charge in [0, 0.05) is 53.9 Å². The van der Waals surface area contributed by atoms with Gasteiger partial charge >= 0.3 is 36.2 Å². The highest BCUT2D eigenvalue weighted by molar-refractivity contribution is 6.01. The highest BCUT2D eigenvalue weighted by Crippen LogP contribution is 2.34. The predicted molar refractivity (Wildman–Crippen MR) is 358 cm³/mol. The average Bonchev–Trinajstić information content (AvgIpc) is 0.915. The fourth-order valence-corrected chi connectivity index (χ4v) is 12.2. The van der Waals surface area contributed by atoms with E-state index in [9.17, 15) is 47.9 Å². The van der Waals surface area contributed by atoms with Crippen molar-refractivity contribution in [3.05, 3.63) is 132 Å². The van der Waals surface area contributed by atoms with E-state index >= 15 is 0 Å². The maximum atomic E-state index is 13.9. The van der Waals surface area contributed by atoms with E-state index in [4.69, 9.17) is 28.4 Å². The van der Waals surface area contributed by atoms with Gasteiger partial charge < -0.3 is 28.4 Å². The number of hydrogen-bond donors (Lipinski definition) is 0. The second kappa shape index (κ2) is 28.9. The third kappa shape index (κ3) is 17.9. The number of likely N-dealkylation sites (tertiary alicyclic amines) is 3. The number of carbonyl (C=O) groups excluding carboxylic acids is 10. The molecule has 3 saturated heterocycles. The molecule has 6 aromatic rings. The van der Waals surface area contributed by atoms with Gasteiger partial charge in [-0.15, -0.1) is 0 Å². The summed E-state index contributed by atoms with van der Waals surface area (Å²) >= 11 is 0. The molecule has 2 aromatic heterocycles. The molecule has 96 heavy (non-hydrogen) atoms. The first-order valence-corrected chi connectivity index (χ1v) is 32.8. The van der Waals surface area contributed by atoms with Crippen LogP contribution in [0.4, 0.5) is 14.4 Å². The lowest BCUT2D eigenvalue weighted by Crippen LogP contribution is -2.48. The number of Topliss-reactive ketones (excluding diaryl/α,β-unsaturated/α-hetero) is 4. The fourth-order valence-electron chi connectivity index (χ4n) is 12.2. The number of ether oxygens (including phenoxy) is 6. The lowest BCUT2D eigenvalue weighted by molar-refractivity contribution is -0.162. The van der Waals surface area contributed by atoms with Crippen LogP contribution in [0.5, 0.6) is 0 Å². The van der Waals surface area contributed by atoms with E-state index in [1.165, 1.54) is 14.7 Å². The topological polar surface area (TPSA) is 262 Å². The number of rotatable bonds is 21. The molecule has 0 aliphatic carbocycles. The Bertz CT molecular complexity index is 3980. The van der Waals surface area contributed by atoms with E-state index in [-0.39, 0.29) is 66.5 Å². The molecule has 0 bridgehead atoms. The molecule has 3 aliphatic heterocycles. The maximum absolute atomic E-state index is 13.9. The summed E-state index contributed by atoms with van der Waals surface area (Å²) in [6, 6.07) is 29.0. The van der Waals surface area contributed by atoms with Gasteiger partial charge in [0.25, 0.3) is 0 Å². The quantitative estimate of drug-likeness (QED) is 0.0368. The summed E-state index contributed by atoms with van der Waals surface area (Å²) < 4.78 is 33.8. The minimum absolute atomic E-state index is 0.0164. The summed E-state index contributed by atoms with van der Waals surface area (Å²) in [5, 5.41) is 1.55.